The van der Waals surface area contributed by atoms with E-state index in [1.807, 2.05) is 35.0 Å². The lowest BCUT2D eigenvalue weighted by molar-refractivity contribution is 0.100. The molecule has 4 heteroatoms. The first-order valence-electron chi connectivity index (χ1n) is 6.68. The summed E-state index contributed by atoms with van der Waals surface area (Å²) in [6.07, 6.45) is 0. The fourth-order valence-electron chi connectivity index (χ4n) is 2.61. The molecule has 0 spiro atoms. The number of carbonyl (C=O) groups excluding carboxylic acids is 1. The van der Waals surface area contributed by atoms with Crippen molar-refractivity contribution < 1.29 is 4.79 Å². The Hall–Kier alpha value is -2.49. The standard InChI is InChI=1S/C16H17N3O/c1-10(2)18-19-14-9-4-3-6-11(14)12-7-5-8-13(15(12)19)16(17)20/h3-10,18H,1-2H3,(H2,17,20). The molecule has 0 bridgehead atoms. The Labute approximate surface area is 117 Å². The molecule has 0 unspecified atom stereocenters. The molecule has 1 aromatic heterocycles. The van der Waals surface area contributed by atoms with Crippen molar-refractivity contribution in [3.05, 3.63) is 48.0 Å². The van der Waals surface area contributed by atoms with Crippen LogP contribution in [0.1, 0.15) is 24.2 Å². The monoisotopic (exact) mass is 267 g/mol. The summed E-state index contributed by atoms with van der Waals surface area (Å²) in [4.78, 5) is 11.7. The Balaban J connectivity index is 2.49. The van der Waals surface area contributed by atoms with E-state index in [0.29, 0.717) is 5.56 Å². The third kappa shape index (κ3) is 1.81. The third-order valence-electron chi connectivity index (χ3n) is 3.35. The van der Waals surface area contributed by atoms with Crippen LogP contribution in [0.4, 0.5) is 0 Å². The number of nitrogens with two attached hydrogens (primary N) is 1. The number of hydrogen-bond donors (Lipinski definition) is 2. The first-order valence-corrected chi connectivity index (χ1v) is 6.68. The molecule has 0 aliphatic carbocycles. The maximum Gasteiger partial charge on any atom is 0.250 e. The van der Waals surface area contributed by atoms with Crippen LogP contribution in [-0.4, -0.2) is 16.6 Å². The number of carbonyl (C=O) groups is 1. The zero-order valence-corrected chi connectivity index (χ0v) is 11.6. The van der Waals surface area contributed by atoms with Crippen LogP contribution in [0, 0.1) is 0 Å². The second-order valence-electron chi connectivity index (χ2n) is 5.20. The van der Waals surface area contributed by atoms with Crippen LogP contribution in [-0.2, 0) is 0 Å². The molecule has 3 rings (SSSR count). The fourth-order valence-corrected chi connectivity index (χ4v) is 2.61. The quantitative estimate of drug-likeness (QED) is 0.766. The molecule has 102 valence electrons. The van der Waals surface area contributed by atoms with Crippen molar-refractivity contribution in [3.63, 3.8) is 0 Å². The fraction of sp³-hybridized carbons (Fsp3) is 0.188. The molecule has 0 saturated carbocycles. The number of primary amides is 1. The highest BCUT2D eigenvalue weighted by Crippen LogP contribution is 2.30. The summed E-state index contributed by atoms with van der Waals surface area (Å²) >= 11 is 0. The van der Waals surface area contributed by atoms with Gasteiger partial charge in [-0.25, -0.2) is 0 Å². The first kappa shape index (κ1) is 12.5. The number of benzene rings is 2. The topological polar surface area (TPSA) is 60.1 Å². The highest BCUT2D eigenvalue weighted by Gasteiger charge is 2.16. The highest BCUT2D eigenvalue weighted by atomic mass is 16.1. The SMILES string of the molecule is CC(C)Nn1c2ccccc2c2cccc(C(N)=O)c21. The van der Waals surface area contributed by atoms with Gasteiger partial charge in [0, 0.05) is 16.8 Å². The van der Waals surface area contributed by atoms with Gasteiger partial charge in [0.25, 0.3) is 5.91 Å². The van der Waals surface area contributed by atoms with Gasteiger partial charge in [-0.05, 0) is 26.0 Å². The average molecular weight is 267 g/mol. The van der Waals surface area contributed by atoms with E-state index in [0.717, 1.165) is 21.8 Å². The van der Waals surface area contributed by atoms with Crippen molar-refractivity contribution in [1.82, 2.24) is 4.68 Å². The first-order chi connectivity index (χ1) is 9.59. The van der Waals surface area contributed by atoms with E-state index >= 15 is 0 Å². The van der Waals surface area contributed by atoms with E-state index in [1.165, 1.54) is 0 Å². The Morgan fingerprint density at radius 2 is 1.80 bits per heavy atom. The second kappa shape index (κ2) is 4.56. The van der Waals surface area contributed by atoms with Crippen LogP contribution in [0.3, 0.4) is 0 Å². The number of para-hydroxylation sites is 2. The molecule has 1 amide bonds. The van der Waals surface area contributed by atoms with E-state index < -0.39 is 5.91 Å². The van der Waals surface area contributed by atoms with Crippen molar-refractivity contribution >= 4 is 27.7 Å². The molecule has 0 aliphatic heterocycles. The van der Waals surface area contributed by atoms with Crippen molar-refractivity contribution in [2.24, 2.45) is 5.73 Å². The molecule has 0 aliphatic rings. The summed E-state index contributed by atoms with van der Waals surface area (Å²) in [7, 11) is 0. The van der Waals surface area contributed by atoms with Gasteiger partial charge in [0.2, 0.25) is 0 Å². The summed E-state index contributed by atoms with van der Waals surface area (Å²) in [6.45, 7) is 4.13. The smallest absolute Gasteiger partial charge is 0.250 e. The largest absolute Gasteiger partial charge is 0.366 e. The van der Waals surface area contributed by atoms with Crippen molar-refractivity contribution in [3.8, 4) is 0 Å². The van der Waals surface area contributed by atoms with E-state index in [9.17, 15) is 4.79 Å². The number of amides is 1. The molecular weight excluding hydrogens is 250 g/mol. The van der Waals surface area contributed by atoms with Gasteiger partial charge in [-0.3, -0.25) is 9.47 Å². The Bertz CT molecular complexity index is 802. The van der Waals surface area contributed by atoms with Gasteiger partial charge < -0.3 is 11.2 Å². The van der Waals surface area contributed by atoms with Crippen LogP contribution in [0.5, 0.6) is 0 Å². The minimum atomic E-state index is -0.412. The van der Waals surface area contributed by atoms with Crippen LogP contribution < -0.4 is 11.2 Å². The molecule has 4 nitrogen and oxygen atoms in total. The molecular formula is C16H17N3O. The van der Waals surface area contributed by atoms with Crippen LogP contribution in [0.15, 0.2) is 42.5 Å². The van der Waals surface area contributed by atoms with Crippen LogP contribution in [0.2, 0.25) is 0 Å². The van der Waals surface area contributed by atoms with E-state index in [4.69, 9.17) is 5.73 Å². The lowest BCUT2D eigenvalue weighted by Crippen LogP contribution is -2.23. The van der Waals surface area contributed by atoms with Crippen LogP contribution in [0.25, 0.3) is 21.8 Å². The van der Waals surface area contributed by atoms with Crippen LogP contribution >= 0.6 is 0 Å². The van der Waals surface area contributed by atoms with Gasteiger partial charge in [0.1, 0.15) is 0 Å². The molecule has 20 heavy (non-hydrogen) atoms. The van der Waals surface area contributed by atoms with E-state index in [1.54, 1.807) is 6.07 Å². The van der Waals surface area contributed by atoms with E-state index in [2.05, 4.69) is 25.3 Å². The zero-order chi connectivity index (χ0) is 14.3. The van der Waals surface area contributed by atoms with Gasteiger partial charge in [0.05, 0.1) is 16.6 Å². The molecule has 3 N–H and O–H groups in total. The Morgan fingerprint density at radius 3 is 2.50 bits per heavy atom. The molecule has 0 fully saturated rings. The number of aromatic nitrogens is 1. The summed E-state index contributed by atoms with van der Waals surface area (Å²) in [6, 6.07) is 14.0. The van der Waals surface area contributed by atoms with Crippen molar-refractivity contribution in [2.45, 2.75) is 19.9 Å². The minimum Gasteiger partial charge on any atom is -0.366 e. The molecule has 0 radical (unpaired) electrons. The highest BCUT2D eigenvalue weighted by molar-refractivity contribution is 6.15. The summed E-state index contributed by atoms with van der Waals surface area (Å²) in [5.41, 5.74) is 11.3. The molecule has 0 saturated heterocycles. The summed E-state index contributed by atoms with van der Waals surface area (Å²) in [5.74, 6) is -0.412. The summed E-state index contributed by atoms with van der Waals surface area (Å²) < 4.78 is 1.97. The van der Waals surface area contributed by atoms with Crippen molar-refractivity contribution in [2.75, 3.05) is 5.43 Å². The van der Waals surface area contributed by atoms with Gasteiger partial charge in [-0.2, -0.15) is 0 Å². The molecule has 2 aromatic carbocycles. The van der Waals surface area contributed by atoms with Gasteiger partial charge >= 0.3 is 0 Å². The molecule has 3 aromatic rings. The number of rotatable bonds is 3. The Morgan fingerprint density at radius 1 is 1.10 bits per heavy atom. The molecule has 0 atom stereocenters. The van der Waals surface area contributed by atoms with Crippen molar-refractivity contribution in [1.29, 1.82) is 0 Å². The predicted molar refractivity (Wildman–Crippen MR) is 82.5 cm³/mol. The normalized spacial score (nSPS) is 11.3. The average Bonchev–Trinajstić information content (AvgIpc) is 2.73. The van der Waals surface area contributed by atoms with Gasteiger partial charge in [-0.1, -0.05) is 30.3 Å². The summed E-state index contributed by atoms with van der Waals surface area (Å²) in [5, 5.41) is 2.14. The lowest BCUT2D eigenvalue weighted by Gasteiger charge is -2.15. The van der Waals surface area contributed by atoms with Gasteiger partial charge in [-0.15, -0.1) is 0 Å². The maximum absolute atomic E-state index is 11.7. The Kier molecular flexibility index (Phi) is 2.86. The zero-order valence-electron chi connectivity index (χ0n) is 11.6. The maximum atomic E-state index is 11.7. The lowest BCUT2D eigenvalue weighted by atomic mass is 10.1. The van der Waals surface area contributed by atoms with E-state index in [-0.39, 0.29) is 6.04 Å². The number of nitrogens with one attached hydrogen (secondary N) is 1. The molecule has 1 heterocycles. The predicted octanol–water partition coefficient (Wildman–Crippen LogP) is 2.85. The number of fused-ring (bicyclic) bond motifs is 3. The minimum absolute atomic E-state index is 0.245. The van der Waals surface area contributed by atoms with Gasteiger partial charge in [0.15, 0.2) is 0 Å². The third-order valence-corrected chi connectivity index (χ3v) is 3.35. The number of hydrogen-bond acceptors (Lipinski definition) is 2. The second-order valence-corrected chi connectivity index (χ2v) is 5.20. The number of nitrogens with zero attached hydrogens (tertiary/aromatic N) is 1.